The van der Waals surface area contributed by atoms with E-state index >= 15 is 0 Å². The summed E-state index contributed by atoms with van der Waals surface area (Å²) in [6, 6.07) is 12.3. The molecule has 2 heterocycles. The standard InChI is InChI=1S/C19H20FN5/c1-3-13(2)22-19-24-17(14-7-6-10-21-12-14)11-18(25-19)23-16-9-5-4-8-15(16)20/h4-13H,3H2,1-2H3,(H2,22,23,24,25)/t13-/m0/s1. The van der Waals surface area contributed by atoms with E-state index in [1.165, 1.54) is 6.07 Å². The third-order valence-corrected chi connectivity index (χ3v) is 3.81. The van der Waals surface area contributed by atoms with Crippen LogP contribution in [0.4, 0.5) is 21.8 Å². The Labute approximate surface area is 146 Å². The van der Waals surface area contributed by atoms with Gasteiger partial charge in [0, 0.05) is 30.1 Å². The van der Waals surface area contributed by atoms with E-state index in [1.54, 1.807) is 36.7 Å². The zero-order valence-corrected chi connectivity index (χ0v) is 14.2. The third kappa shape index (κ3) is 4.29. The van der Waals surface area contributed by atoms with Gasteiger partial charge < -0.3 is 10.6 Å². The maximum absolute atomic E-state index is 13.9. The predicted octanol–water partition coefficient (Wildman–Crippen LogP) is 4.63. The number of hydrogen-bond acceptors (Lipinski definition) is 5. The van der Waals surface area contributed by atoms with E-state index in [-0.39, 0.29) is 11.9 Å². The molecule has 25 heavy (non-hydrogen) atoms. The lowest BCUT2D eigenvalue weighted by Gasteiger charge is -2.14. The summed E-state index contributed by atoms with van der Waals surface area (Å²) >= 11 is 0. The minimum absolute atomic E-state index is 0.227. The van der Waals surface area contributed by atoms with E-state index in [1.807, 2.05) is 12.1 Å². The maximum Gasteiger partial charge on any atom is 0.225 e. The minimum Gasteiger partial charge on any atom is -0.352 e. The molecule has 3 aromatic rings. The van der Waals surface area contributed by atoms with Crippen molar-refractivity contribution in [1.82, 2.24) is 15.0 Å². The molecule has 0 aliphatic heterocycles. The van der Waals surface area contributed by atoms with Gasteiger partial charge in [-0.1, -0.05) is 19.1 Å². The second-order valence-corrected chi connectivity index (χ2v) is 5.76. The highest BCUT2D eigenvalue weighted by molar-refractivity contribution is 5.67. The molecule has 1 atom stereocenters. The maximum atomic E-state index is 13.9. The molecule has 5 nitrogen and oxygen atoms in total. The van der Waals surface area contributed by atoms with Gasteiger partial charge in [0.25, 0.3) is 0 Å². The SMILES string of the molecule is CC[C@H](C)Nc1nc(Nc2ccccc2F)cc(-c2cccnc2)n1. The summed E-state index contributed by atoms with van der Waals surface area (Å²) in [7, 11) is 0. The van der Waals surface area contributed by atoms with Crippen LogP contribution in [0.2, 0.25) is 0 Å². The Morgan fingerprint density at radius 3 is 2.68 bits per heavy atom. The third-order valence-electron chi connectivity index (χ3n) is 3.81. The van der Waals surface area contributed by atoms with Crippen molar-refractivity contribution in [3.63, 3.8) is 0 Å². The largest absolute Gasteiger partial charge is 0.352 e. The average Bonchev–Trinajstić information content (AvgIpc) is 2.64. The summed E-state index contributed by atoms with van der Waals surface area (Å²) in [5.41, 5.74) is 1.95. The molecule has 6 heteroatoms. The Morgan fingerprint density at radius 1 is 1.12 bits per heavy atom. The molecule has 2 aromatic heterocycles. The van der Waals surface area contributed by atoms with Crippen molar-refractivity contribution in [3.05, 3.63) is 60.7 Å². The molecule has 0 radical (unpaired) electrons. The normalized spacial score (nSPS) is 11.8. The molecule has 0 saturated heterocycles. The fourth-order valence-corrected chi connectivity index (χ4v) is 2.26. The highest BCUT2D eigenvalue weighted by Crippen LogP contribution is 2.24. The van der Waals surface area contributed by atoms with Crippen molar-refractivity contribution in [2.75, 3.05) is 10.6 Å². The number of aromatic nitrogens is 3. The van der Waals surface area contributed by atoms with Crippen molar-refractivity contribution in [2.24, 2.45) is 0 Å². The molecular formula is C19H20FN5. The summed E-state index contributed by atoms with van der Waals surface area (Å²) in [4.78, 5) is 13.2. The van der Waals surface area contributed by atoms with E-state index in [9.17, 15) is 4.39 Å². The van der Waals surface area contributed by atoms with Crippen LogP contribution < -0.4 is 10.6 Å². The van der Waals surface area contributed by atoms with Crippen LogP contribution in [-0.4, -0.2) is 21.0 Å². The lowest BCUT2D eigenvalue weighted by atomic mass is 10.2. The van der Waals surface area contributed by atoms with E-state index in [4.69, 9.17) is 0 Å². The minimum atomic E-state index is -0.333. The first kappa shape index (κ1) is 16.8. The Balaban J connectivity index is 1.99. The highest BCUT2D eigenvalue weighted by atomic mass is 19.1. The van der Waals surface area contributed by atoms with Gasteiger partial charge in [-0.05, 0) is 37.6 Å². The molecule has 1 aromatic carbocycles. The molecule has 0 amide bonds. The second kappa shape index (κ2) is 7.70. The fourth-order valence-electron chi connectivity index (χ4n) is 2.26. The first-order chi connectivity index (χ1) is 12.2. The van der Waals surface area contributed by atoms with Crippen molar-refractivity contribution in [3.8, 4) is 11.3 Å². The number of benzene rings is 1. The number of hydrogen-bond donors (Lipinski definition) is 2. The van der Waals surface area contributed by atoms with Crippen LogP contribution in [0.1, 0.15) is 20.3 Å². The van der Waals surface area contributed by atoms with Gasteiger partial charge in [0.2, 0.25) is 5.95 Å². The van der Waals surface area contributed by atoms with E-state index in [2.05, 4.69) is 39.4 Å². The van der Waals surface area contributed by atoms with Gasteiger partial charge in [-0.15, -0.1) is 0 Å². The molecule has 0 saturated carbocycles. The number of nitrogens with one attached hydrogen (secondary N) is 2. The summed E-state index contributed by atoms with van der Waals surface area (Å²) in [5.74, 6) is 0.680. The smallest absolute Gasteiger partial charge is 0.225 e. The quantitative estimate of drug-likeness (QED) is 0.686. The van der Waals surface area contributed by atoms with Gasteiger partial charge in [-0.3, -0.25) is 4.98 Å². The van der Waals surface area contributed by atoms with Crippen LogP contribution in [-0.2, 0) is 0 Å². The zero-order valence-electron chi connectivity index (χ0n) is 14.2. The van der Waals surface area contributed by atoms with Gasteiger partial charge in [-0.2, -0.15) is 4.98 Å². The summed E-state index contributed by atoms with van der Waals surface area (Å²) < 4.78 is 13.9. The number of nitrogens with zero attached hydrogens (tertiary/aromatic N) is 3. The van der Waals surface area contributed by atoms with E-state index in [0.717, 1.165) is 12.0 Å². The molecule has 0 aliphatic carbocycles. The van der Waals surface area contributed by atoms with Gasteiger partial charge in [0.05, 0.1) is 11.4 Å². The first-order valence-corrected chi connectivity index (χ1v) is 8.23. The van der Waals surface area contributed by atoms with Gasteiger partial charge >= 0.3 is 0 Å². The van der Waals surface area contributed by atoms with Crippen molar-refractivity contribution >= 4 is 17.5 Å². The highest BCUT2D eigenvalue weighted by Gasteiger charge is 2.10. The van der Waals surface area contributed by atoms with Crippen LogP contribution in [0.25, 0.3) is 11.3 Å². The summed E-state index contributed by atoms with van der Waals surface area (Å²) in [5, 5.41) is 6.29. The van der Waals surface area contributed by atoms with Crippen LogP contribution in [0.15, 0.2) is 54.9 Å². The number of anilines is 3. The molecule has 2 N–H and O–H groups in total. The molecule has 0 unspecified atom stereocenters. The van der Waals surface area contributed by atoms with Crippen molar-refractivity contribution in [1.29, 1.82) is 0 Å². The molecule has 128 valence electrons. The molecule has 0 bridgehead atoms. The van der Waals surface area contributed by atoms with Crippen molar-refractivity contribution < 1.29 is 4.39 Å². The lowest BCUT2D eigenvalue weighted by Crippen LogP contribution is -2.16. The lowest BCUT2D eigenvalue weighted by molar-refractivity contribution is 0.632. The first-order valence-electron chi connectivity index (χ1n) is 8.23. The number of pyridine rings is 1. The molecule has 0 aliphatic rings. The summed E-state index contributed by atoms with van der Waals surface area (Å²) in [6.45, 7) is 4.14. The Bertz CT molecular complexity index is 838. The Hall–Kier alpha value is -3.02. The second-order valence-electron chi connectivity index (χ2n) is 5.76. The van der Waals surface area contributed by atoms with Crippen LogP contribution in [0.5, 0.6) is 0 Å². The predicted molar refractivity (Wildman–Crippen MR) is 98.3 cm³/mol. The topological polar surface area (TPSA) is 62.7 Å². The van der Waals surface area contributed by atoms with Crippen LogP contribution >= 0.6 is 0 Å². The zero-order chi connectivity index (χ0) is 17.6. The van der Waals surface area contributed by atoms with Gasteiger partial charge in [-0.25, -0.2) is 9.37 Å². The van der Waals surface area contributed by atoms with Gasteiger partial charge in [0.1, 0.15) is 11.6 Å². The average molecular weight is 337 g/mol. The Morgan fingerprint density at radius 2 is 1.96 bits per heavy atom. The van der Waals surface area contributed by atoms with Crippen LogP contribution in [0.3, 0.4) is 0 Å². The Kier molecular flexibility index (Phi) is 5.18. The molecule has 0 spiro atoms. The molecular weight excluding hydrogens is 317 g/mol. The number of para-hydroxylation sites is 1. The monoisotopic (exact) mass is 337 g/mol. The number of rotatable bonds is 6. The molecule has 0 fully saturated rings. The summed E-state index contributed by atoms with van der Waals surface area (Å²) in [6.07, 6.45) is 4.39. The van der Waals surface area contributed by atoms with Crippen LogP contribution in [0, 0.1) is 5.82 Å². The molecule has 3 rings (SSSR count). The van der Waals surface area contributed by atoms with Crippen molar-refractivity contribution in [2.45, 2.75) is 26.3 Å². The van der Waals surface area contributed by atoms with E-state index < -0.39 is 0 Å². The fraction of sp³-hybridized carbons (Fsp3) is 0.211. The van der Waals surface area contributed by atoms with E-state index in [0.29, 0.717) is 23.1 Å². The van der Waals surface area contributed by atoms with Gasteiger partial charge in [0.15, 0.2) is 0 Å². The number of halogens is 1.